The van der Waals surface area contributed by atoms with Crippen LogP contribution >= 0.6 is 0 Å². The van der Waals surface area contributed by atoms with Crippen LogP contribution < -0.4 is 10.6 Å². The van der Waals surface area contributed by atoms with E-state index in [1.54, 1.807) is 6.20 Å². The van der Waals surface area contributed by atoms with Gasteiger partial charge >= 0.3 is 15.5 Å². The Morgan fingerprint density at radius 1 is 1.34 bits per heavy atom. The third-order valence-electron chi connectivity index (χ3n) is 4.51. The lowest BCUT2D eigenvalue weighted by atomic mass is 10.1. The normalized spacial score (nSPS) is 17.7. The Bertz CT molecular complexity index is 783. The molecular formula is C17H29F3N6O2S. The Morgan fingerprint density at radius 3 is 2.55 bits per heavy atom. The largest absolute Gasteiger partial charge is 0.511 e. The molecule has 12 heteroatoms. The fraction of sp³-hybridized carbons (Fsp3) is 0.765. The zero-order chi connectivity index (χ0) is 21.7. The number of aromatic nitrogens is 2. The van der Waals surface area contributed by atoms with Crippen molar-refractivity contribution < 1.29 is 21.6 Å². The smallest absolute Gasteiger partial charge is 0.357 e. The zero-order valence-electron chi connectivity index (χ0n) is 16.9. The number of hydrogen-bond acceptors (Lipinski definition) is 4. The Balaban J connectivity index is 1.96. The Kier molecular flexibility index (Phi) is 7.92. The number of sulfonamides is 1. The fourth-order valence-electron chi connectivity index (χ4n) is 3.10. The van der Waals surface area contributed by atoms with Crippen molar-refractivity contribution >= 4 is 16.0 Å². The Labute approximate surface area is 169 Å². The summed E-state index contributed by atoms with van der Waals surface area (Å²) in [6.45, 7) is 7.59. The van der Waals surface area contributed by atoms with Gasteiger partial charge in [0.1, 0.15) is 12.4 Å². The molecule has 0 unspecified atom stereocenters. The predicted octanol–water partition coefficient (Wildman–Crippen LogP) is 1.91. The fourth-order valence-corrected chi connectivity index (χ4v) is 4.09. The van der Waals surface area contributed by atoms with Crippen LogP contribution in [0.2, 0.25) is 0 Å². The molecular weight excluding hydrogens is 409 g/mol. The number of guanidine groups is 1. The topological polar surface area (TPSA) is 91.6 Å². The number of alkyl halides is 3. The molecule has 2 rings (SSSR count). The van der Waals surface area contributed by atoms with E-state index in [4.69, 9.17) is 0 Å². The van der Waals surface area contributed by atoms with Gasteiger partial charge in [-0.15, -0.1) is 0 Å². The summed E-state index contributed by atoms with van der Waals surface area (Å²) >= 11 is 0. The minimum absolute atomic E-state index is 0.164. The second-order valence-electron chi connectivity index (χ2n) is 7.35. The van der Waals surface area contributed by atoms with E-state index in [9.17, 15) is 21.6 Å². The van der Waals surface area contributed by atoms with E-state index in [0.717, 1.165) is 12.4 Å². The average Bonchev–Trinajstić information content (AvgIpc) is 3.05. The monoisotopic (exact) mass is 438 g/mol. The van der Waals surface area contributed by atoms with E-state index in [0.29, 0.717) is 29.3 Å². The number of halogens is 3. The van der Waals surface area contributed by atoms with Gasteiger partial charge in [0.25, 0.3) is 0 Å². The maximum Gasteiger partial charge on any atom is 0.511 e. The van der Waals surface area contributed by atoms with Crippen LogP contribution in [0.5, 0.6) is 0 Å². The molecule has 1 aromatic heterocycles. The number of hydrogen-bond donors (Lipinski definition) is 2. The number of nitrogens with zero attached hydrogens (tertiary/aromatic N) is 4. The van der Waals surface area contributed by atoms with Crippen molar-refractivity contribution in [2.45, 2.75) is 58.3 Å². The minimum Gasteiger partial charge on any atom is -0.357 e. The van der Waals surface area contributed by atoms with E-state index in [-0.39, 0.29) is 32.0 Å². The second kappa shape index (κ2) is 9.79. The number of nitrogens with one attached hydrogen (secondary N) is 2. The molecule has 166 valence electrons. The van der Waals surface area contributed by atoms with Crippen molar-refractivity contribution in [1.29, 1.82) is 0 Å². The van der Waals surface area contributed by atoms with Gasteiger partial charge in [0.2, 0.25) is 0 Å². The van der Waals surface area contributed by atoms with Crippen LogP contribution in [-0.4, -0.2) is 59.4 Å². The molecule has 1 aliphatic heterocycles. The summed E-state index contributed by atoms with van der Waals surface area (Å²) in [5.41, 5.74) is -5.26. The molecule has 0 spiro atoms. The summed E-state index contributed by atoms with van der Waals surface area (Å²) in [7, 11) is -5.27. The average molecular weight is 439 g/mol. The molecule has 2 heterocycles. The number of imidazole rings is 1. The van der Waals surface area contributed by atoms with Gasteiger partial charge in [-0.2, -0.15) is 17.5 Å². The standard InChI is InChI=1S/C17H29F3N6O2S/c1-4-21-16(23-11-15-22-7-10-25(15)12-13(2)3)24-14-5-8-26(9-6-14)29(27,28)17(18,19)20/h7,10,13-14H,4-6,8-9,11-12H2,1-3H3,(H2,21,23,24). The first-order chi connectivity index (χ1) is 13.5. The summed E-state index contributed by atoms with van der Waals surface area (Å²) in [6, 6.07) is -0.164. The van der Waals surface area contributed by atoms with Crippen LogP contribution in [0.25, 0.3) is 0 Å². The third kappa shape index (κ3) is 6.33. The maximum absolute atomic E-state index is 12.7. The lowest BCUT2D eigenvalue weighted by molar-refractivity contribution is -0.0494. The highest BCUT2D eigenvalue weighted by molar-refractivity contribution is 7.90. The summed E-state index contributed by atoms with van der Waals surface area (Å²) in [4.78, 5) is 8.85. The molecule has 1 aliphatic rings. The third-order valence-corrected chi connectivity index (χ3v) is 6.14. The van der Waals surface area contributed by atoms with E-state index >= 15 is 0 Å². The summed E-state index contributed by atoms with van der Waals surface area (Å²) < 4.78 is 63.6. The SMILES string of the molecule is CCNC(=NCc1nccn1CC(C)C)NC1CCN(S(=O)(=O)C(F)(F)F)CC1. The molecule has 8 nitrogen and oxygen atoms in total. The van der Waals surface area contributed by atoms with Gasteiger partial charge in [0.15, 0.2) is 5.96 Å². The Hall–Kier alpha value is -1.82. The van der Waals surface area contributed by atoms with Gasteiger partial charge in [-0.1, -0.05) is 13.8 Å². The van der Waals surface area contributed by atoms with Gasteiger partial charge in [-0.25, -0.2) is 18.4 Å². The van der Waals surface area contributed by atoms with E-state index < -0.39 is 15.5 Å². The van der Waals surface area contributed by atoms with E-state index in [2.05, 4.69) is 34.5 Å². The summed E-state index contributed by atoms with van der Waals surface area (Å²) in [5.74, 6) is 1.82. The minimum atomic E-state index is -5.27. The summed E-state index contributed by atoms with van der Waals surface area (Å²) in [6.07, 6.45) is 4.16. The molecule has 2 N–H and O–H groups in total. The van der Waals surface area contributed by atoms with Crippen LogP contribution in [-0.2, 0) is 23.1 Å². The van der Waals surface area contributed by atoms with Crippen molar-refractivity contribution in [3.63, 3.8) is 0 Å². The lowest BCUT2D eigenvalue weighted by Gasteiger charge is -2.32. The molecule has 29 heavy (non-hydrogen) atoms. The van der Waals surface area contributed by atoms with Gasteiger partial charge < -0.3 is 15.2 Å². The van der Waals surface area contributed by atoms with Crippen molar-refractivity contribution in [2.75, 3.05) is 19.6 Å². The number of piperidine rings is 1. The zero-order valence-corrected chi connectivity index (χ0v) is 17.7. The predicted molar refractivity (Wildman–Crippen MR) is 105 cm³/mol. The van der Waals surface area contributed by atoms with Gasteiger partial charge in [-0.05, 0) is 25.7 Å². The quantitative estimate of drug-likeness (QED) is 0.501. The molecule has 1 saturated heterocycles. The molecule has 0 aromatic carbocycles. The van der Waals surface area contributed by atoms with Gasteiger partial charge in [0.05, 0.1) is 0 Å². The van der Waals surface area contributed by atoms with Crippen molar-refractivity contribution in [3.8, 4) is 0 Å². The van der Waals surface area contributed by atoms with Gasteiger partial charge in [0, 0.05) is 44.6 Å². The van der Waals surface area contributed by atoms with E-state index in [1.807, 2.05) is 17.7 Å². The van der Waals surface area contributed by atoms with Crippen LogP contribution in [0.1, 0.15) is 39.4 Å². The molecule has 0 amide bonds. The molecule has 0 bridgehead atoms. The first-order valence-corrected chi connectivity index (χ1v) is 11.1. The van der Waals surface area contributed by atoms with Crippen LogP contribution in [0.15, 0.2) is 17.4 Å². The first-order valence-electron chi connectivity index (χ1n) is 9.65. The highest BCUT2D eigenvalue weighted by atomic mass is 32.2. The molecule has 1 aromatic rings. The maximum atomic E-state index is 12.7. The van der Waals surface area contributed by atoms with Crippen molar-refractivity contribution in [3.05, 3.63) is 18.2 Å². The molecule has 0 saturated carbocycles. The summed E-state index contributed by atoms with van der Waals surface area (Å²) in [5, 5.41) is 6.30. The number of aliphatic imine (C=N–C) groups is 1. The van der Waals surface area contributed by atoms with Crippen molar-refractivity contribution in [2.24, 2.45) is 10.9 Å². The molecule has 1 fully saturated rings. The van der Waals surface area contributed by atoms with Crippen LogP contribution in [0, 0.1) is 5.92 Å². The molecule has 0 radical (unpaired) electrons. The highest BCUT2D eigenvalue weighted by Crippen LogP contribution is 2.28. The first kappa shape index (κ1) is 23.5. The second-order valence-corrected chi connectivity index (χ2v) is 9.28. The van der Waals surface area contributed by atoms with E-state index in [1.165, 1.54) is 0 Å². The Morgan fingerprint density at radius 2 is 2.00 bits per heavy atom. The highest BCUT2D eigenvalue weighted by Gasteiger charge is 2.50. The van der Waals surface area contributed by atoms with Crippen LogP contribution in [0.4, 0.5) is 13.2 Å². The van der Waals surface area contributed by atoms with Crippen LogP contribution in [0.3, 0.4) is 0 Å². The number of rotatable bonds is 7. The lowest BCUT2D eigenvalue weighted by Crippen LogP contribution is -2.51. The van der Waals surface area contributed by atoms with Gasteiger partial charge in [-0.3, -0.25) is 0 Å². The van der Waals surface area contributed by atoms with Crippen molar-refractivity contribution in [1.82, 2.24) is 24.5 Å². The molecule has 0 aliphatic carbocycles. The molecule has 0 atom stereocenters.